The summed E-state index contributed by atoms with van der Waals surface area (Å²) >= 11 is 0. The van der Waals surface area contributed by atoms with Gasteiger partial charge < -0.3 is 14.5 Å². The predicted molar refractivity (Wildman–Crippen MR) is 121 cm³/mol. The zero-order chi connectivity index (χ0) is 22.6. The molecule has 0 radical (unpaired) electrons. The van der Waals surface area contributed by atoms with Gasteiger partial charge in [-0.05, 0) is 42.9 Å². The molecule has 0 amide bonds. The fraction of sp³-hybridized carbons (Fsp3) is 0.455. The number of benzene rings is 2. The van der Waals surface area contributed by atoms with Crippen LogP contribution in [-0.4, -0.2) is 79.2 Å². The van der Waals surface area contributed by atoms with E-state index in [9.17, 15) is 12.8 Å². The average molecular weight is 451 g/mol. The molecule has 0 aromatic heterocycles. The molecule has 0 unspecified atom stereocenters. The minimum Gasteiger partial charge on any atom is -0.494 e. The van der Waals surface area contributed by atoms with Gasteiger partial charge in [0.05, 0.1) is 12.0 Å². The van der Waals surface area contributed by atoms with Crippen molar-refractivity contribution >= 4 is 15.7 Å². The maximum Gasteiger partial charge on any atom is 0.240 e. The third-order valence-electron chi connectivity index (χ3n) is 5.67. The first-order valence-corrected chi connectivity index (χ1v) is 11.7. The first-order chi connectivity index (χ1) is 14.7. The second kappa shape index (κ2) is 9.95. The van der Waals surface area contributed by atoms with E-state index in [1.54, 1.807) is 0 Å². The van der Waals surface area contributed by atoms with Gasteiger partial charge in [-0.15, -0.1) is 0 Å². The summed E-state index contributed by atoms with van der Waals surface area (Å²) in [7, 11) is 3.51. The van der Waals surface area contributed by atoms with Crippen LogP contribution in [0.1, 0.15) is 11.6 Å². The van der Waals surface area contributed by atoms with Crippen LogP contribution >= 0.6 is 0 Å². The Bertz CT molecular complexity index is 975. The number of piperazine rings is 1. The fourth-order valence-corrected chi connectivity index (χ4v) is 4.72. The Hall–Kier alpha value is -2.20. The third kappa shape index (κ3) is 5.74. The third-order valence-corrected chi connectivity index (χ3v) is 7.09. The van der Waals surface area contributed by atoms with Crippen LogP contribution in [0, 0.1) is 5.82 Å². The zero-order valence-corrected chi connectivity index (χ0v) is 19.3. The number of hydrogen-bond acceptors (Lipinski definition) is 6. The number of nitrogens with zero attached hydrogens (tertiary/aromatic N) is 3. The fourth-order valence-electron chi connectivity index (χ4n) is 3.67. The summed E-state index contributed by atoms with van der Waals surface area (Å²) in [5, 5.41) is 0. The number of ether oxygens (including phenoxy) is 1. The van der Waals surface area contributed by atoms with Gasteiger partial charge in [-0.2, -0.15) is 0 Å². The second-order valence-electron chi connectivity index (χ2n) is 7.99. The lowest BCUT2D eigenvalue weighted by Gasteiger charge is -2.38. The molecule has 0 spiro atoms. The Balaban J connectivity index is 1.81. The first-order valence-electron chi connectivity index (χ1n) is 10.2. The molecule has 0 aliphatic carbocycles. The highest BCUT2D eigenvalue weighted by Crippen LogP contribution is 2.25. The summed E-state index contributed by atoms with van der Waals surface area (Å²) in [5.74, 6) is -0.699. The molecule has 170 valence electrons. The molecule has 1 aliphatic heterocycles. The van der Waals surface area contributed by atoms with Gasteiger partial charge in [0, 0.05) is 58.5 Å². The van der Waals surface area contributed by atoms with Crippen molar-refractivity contribution in [2.24, 2.45) is 0 Å². The molecule has 3 rings (SSSR count). The minimum atomic E-state index is -3.87. The Morgan fingerprint density at radius 2 is 1.74 bits per heavy atom. The van der Waals surface area contributed by atoms with E-state index in [0.29, 0.717) is 0 Å². The van der Waals surface area contributed by atoms with E-state index >= 15 is 0 Å². The molecular weight excluding hydrogens is 419 g/mol. The highest BCUT2D eigenvalue weighted by molar-refractivity contribution is 7.89. The van der Waals surface area contributed by atoms with Crippen LogP contribution in [-0.2, 0) is 10.0 Å². The van der Waals surface area contributed by atoms with Crippen LogP contribution in [0.2, 0.25) is 0 Å². The van der Waals surface area contributed by atoms with E-state index in [0.717, 1.165) is 43.5 Å². The smallest absolute Gasteiger partial charge is 0.240 e. The molecule has 0 saturated carbocycles. The molecule has 7 nitrogen and oxygen atoms in total. The number of anilines is 1. The molecule has 1 saturated heterocycles. The lowest BCUT2D eigenvalue weighted by Crippen LogP contribution is -2.48. The number of rotatable bonds is 8. The molecule has 2 aromatic carbocycles. The standard InChI is InChI=1S/C22H31FN4O3S/c1-25(2)18-7-5-17(6-8-18)21(27-13-11-26(3)12-14-27)16-24-31(28,29)19-9-10-22(30-4)20(23)15-19/h5-10,15,21,24H,11-14,16H2,1-4H3/t21-/m0/s1. The lowest BCUT2D eigenvalue weighted by molar-refractivity contribution is 0.113. The maximum absolute atomic E-state index is 14.0. The van der Waals surface area contributed by atoms with Crippen LogP contribution < -0.4 is 14.4 Å². The maximum atomic E-state index is 14.0. The van der Waals surface area contributed by atoms with Gasteiger partial charge in [-0.3, -0.25) is 4.90 Å². The topological polar surface area (TPSA) is 65.1 Å². The molecule has 9 heteroatoms. The van der Waals surface area contributed by atoms with Crippen LogP contribution in [0.3, 0.4) is 0 Å². The van der Waals surface area contributed by atoms with Gasteiger partial charge in [0.1, 0.15) is 0 Å². The molecular formula is C22H31FN4O3S. The highest BCUT2D eigenvalue weighted by Gasteiger charge is 2.26. The Morgan fingerprint density at radius 1 is 1.10 bits per heavy atom. The van der Waals surface area contributed by atoms with Crippen LogP contribution in [0.5, 0.6) is 5.75 Å². The molecule has 1 atom stereocenters. The van der Waals surface area contributed by atoms with E-state index in [1.165, 1.54) is 19.2 Å². The van der Waals surface area contributed by atoms with Gasteiger partial charge in [0.25, 0.3) is 0 Å². The zero-order valence-electron chi connectivity index (χ0n) is 18.5. The van der Waals surface area contributed by atoms with E-state index in [2.05, 4.69) is 21.6 Å². The number of nitrogens with one attached hydrogen (secondary N) is 1. The lowest BCUT2D eigenvalue weighted by atomic mass is 10.0. The van der Waals surface area contributed by atoms with Gasteiger partial charge in [0.2, 0.25) is 10.0 Å². The van der Waals surface area contributed by atoms with Crippen LogP contribution in [0.15, 0.2) is 47.4 Å². The van der Waals surface area contributed by atoms with Crippen LogP contribution in [0.4, 0.5) is 10.1 Å². The van der Waals surface area contributed by atoms with Crippen molar-refractivity contribution < 1.29 is 17.5 Å². The largest absolute Gasteiger partial charge is 0.494 e. The predicted octanol–water partition coefficient (Wildman–Crippen LogP) is 2.17. The van der Waals surface area contributed by atoms with Gasteiger partial charge in [0.15, 0.2) is 11.6 Å². The molecule has 0 bridgehead atoms. The molecule has 31 heavy (non-hydrogen) atoms. The molecule has 1 fully saturated rings. The van der Waals surface area contributed by atoms with Crippen molar-refractivity contribution in [3.63, 3.8) is 0 Å². The first kappa shape index (κ1) is 23.5. The minimum absolute atomic E-state index is 0.00949. The van der Waals surface area contributed by atoms with E-state index < -0.39 is 15.8 Å². The SMILES string of the molecule is COc1ccc(S(=O)(=O)NC[C@@H](c2ccc(N(C)C)cc2)N2CCN(C)CC2)cc1F. The van der Waals surface area contributed by atoms with Crippen molar-refractivity contribution in [1.29, 1.82) is 0 Å². The molecule has 2 aromatic rings. The van der Waals surface area contributed by atoms with Crippen molar-refractivity contribution in [2.45, 2.75) is 10.9 Å². The average Bonchev–Trinajstić information content (AvgIpc) is 2.75. The number of likely N-dealkylation sites (N-methyl/N-ethyl adjacent to an activating group) is 1. The quantitative estimate of drug-likeness (QED) is 0.665. The van der Waals surface area contributed by atoms with Gasteiger partial charge in [-0.1, -0.05) is 12.1 Å². The van der Waals surface area contributed by atoms with Crippen molar-refractivity contribution in [3.05, 3.63) is 53.8 Å². The van der Waals surface area contributed by atoms with Gasteiger partial charge in [-0.25, -0.2) is 17.5 Å². The molecule has 1 N–H and O–H groups in total. The highest BCUT2D eigenvalue weighted by atomic mass is 32.2. The van der Waals surface area contributed by atoms with E-state index in [-0.39, 0.29) is 23.2 Å². The van der Waals surface area contributed by atoms with Crippen molar-refractivity contribution in [1.82, 2.24) is 14.5 Å². The Kier molecular flexibility index (Phi) is 7.53. The summed E-state index contributed by atoms with van der Waals surface area (Å²) in [5.41, 5.74) is 2.12. The summed E-state index contributed by atoms with van der Waals surface area (Å²) in [6.07, 6.45) is 0. The summed E-state index contributed by atoms with van der Waals surface area (Å²) in [4.78, 5) is 6.45. The number of sulfonamides is 1. The number of halogens is 1. The second-order valence-corrected chi connectivity index (χ2v) is 9.76. The summed E-state index contributed by atoms with van der Waals surface area (Å²) in [6.45, 7) is 3.72. The number of methoxy groups -OCH3 is 1. The van der Waals surface area contributed by atoms with Crippen molar-refractivity contribution in [2.75, 3.05) is 65.9 Å². The molecule has 1 heterocycles. The van der Waals surface area contributed by atoms with E-state index in [4.69, 9.17) is 4.74 Å². The molecule has 1 aliphatic rings. The Morgan fingerprint density at radius 3 is 2.29 bits per heavy atom. The van der Waals surface area contributed by atoms with E-state index in [1.807, 2.05) is 43.3 Å². The van der Waals surface area contributed by atoms with Crippen LogP contribution in [0.25, 0.3) is 0 Å². The monoisotopic (exact) mass is 450 g/mol. The summed E-state index contributed by atoms with van der Waals surface area (Å²) in [6, 6.07) is 11.7. The van der Waals surface area contributed by atoms with Gasteiger partial charge >= 0.3 is 0 Å². The summed E-state index contributed by atoms with van der Waals surface area (Å²) < 4.78 is 47.3. The number of hydrogen-bond donors (Lipinski definition) is 1. The Labute approximate surface area is 184 Å². The normalized spacial score (nSPS) is 16.8. The van der Waals surface area contributed by atoms with Crippen molar-refractivity contribution in [3.8, 4) is 5.75 Å².